The van der Waals surface area contributed by atoms with Crippen molar-refractivity contribution >= 4 is 27.3 Å². The Kier molecular flexibility index (Phi) is 7.50. The molecule has 34 heavy (non-hydrogen) atoms. The number of nitrogens with one attached hydrogen (secondary N) is 1. The van der Waals surface area contributed by atoms with Crippen LogP contribution in [0.4, 0.5) is 11.4 Å². The maximum atomic E-state index is 13.3. The lowest BCUT2D eigenvalue weighted by molar-refractivity contribution is -0.384. The lowest BCUT2D eigenvalue weighted by atomic mass is 10.1. The molecule has 0 aromatic heterocycles. The van der Waals surface area contributed by atoms with Crippen LogP contribution in [-0.2, 0) is 14.8 Å². The molecule has 2 atom stereocenters. The number of benzene rings is 2. The molecule has 1 aliphatic heterocycles. The van der Waals surface area contributed by atoms with Crippen LogP contribution >= 0.6 is 0 Å². The number of carbonyl (C=O) groups excluding carboxylic acids is 1. The van der Waals surface area contributed by atoms with E-state index >= 15 is 0 Å². The van der Waals surface area contributed by atoms with Crippen LogP contribution in [0.5, 0.6) is 17.2 Å². The van der Waals surface area contributed by atoms with Crippen LogP contribution in [0.25, 0.3) is 0 Å². The molecule has 0 saturated heterocycles. The van der Waals surface area contributed by atoms with Gasteiger partial charge < -0.3 is 19.5 Å². The van der Waals surface area contributed by atoms with Gasteiger partial charge in [-0.05, 0) is 37.1 Å². The molecule has 1 amide bonds. The summed E-state index contributed by atoms with van der Waals surface area (Å²) >= 11 is 0. The molecule has 0 saturated carbocycles. The standard InChI is InChI=1S/C22H27N3O8S/c1-5-17(22(26)23-14(2)15-6-8-20-21(12-15)33-11-10-32-20)24(34(4,29)30)18-13-16(25(27)28)7-9-19(18)31-3/h6-9,12-14,17H,5,10-11H2,1-4H3,(H,23,26)/t14-,17+/m1/s1. The fourth-order valence-electron chi connectivity index (χ4n) is 3.72. The number of sulfonamides is 1. The summed E-state index contributed by atoms with van der Waals surface area (Å²) in [6.07, 6.45) is 1.05. The normalized spacial score (nSPS) is 14.6. The zero-order chi connectivity index (χ0) is 25.0. The quantitative estimate of drug-likeness (QED) is 0.416. The Morgan fingerprint density at radius 3 is 2.47 bits per heavy atom. The summed E-state index contributed by atoms with van der Waals surface area (Å²) in [5, 5.41) is 14.1. The first kappa shape index (κ1) is 25.1. The monoisotopic (exact) mass is 493 g/mol. The average molecular weight is 494 g/mol. The van der Waals surface area contributed by atoms with E-state index in [4.69, 9.17) is 14.2 Å². The topological polar surface area (TPSA) is 137 Å². The molecule has 0 unspecified atom stereocenters. The summed E-state index contributed by atoms with van der Waals surface area (Å²) in [6.45, 7) is 4.29. The van der Waals surface area contributed by atoms with E-state index in [2.05, 4.69) is 5.32 Å². The van der Waals surface area contributed by atoms with Crippen molar-refractivity contribution in [2.45, 2.75) is 32.4 Å². The molecule has 12 heteroatoms. The summed E-state index contributed by atoms with van der Waals surface area (Å²) in [5.41, 5.74) is 0.323. The van der Waals surface area contributed by atoms with Crippen molar-refractivity contribution < 1.29 is 32.3 Å². The first-order chi connectivity index (χ1) is 16.1. The van der Waals surface area contributed by atoms with Crippen LogP contribution in [0.15, 0.2) is 36.4 Å². The third-order valence-corrected chi connectivity index (χ3v) is 6.53. The predicted molar refractivity (Wildman–Crippen MR) is 125 cm³/mol. The highest BCUT2D eigenvalue weighted by atomic mass is 32.2. The molecule has 0 radical (unpaired) electrons. The second-order valence-corrected chi connectivity index (χ2v) is 9.59. The van der Waals surface area contributed by atoms with Gasteiger partial charge in [-0.15, -0.1) is 0 Å². The van der Waals surface area contributed by atoms with Gasteiger partial charge in [0.05, 0.1) is 24.3 Å². The number of rotatable bonds is 9. The number of carbonyl (C=O) groups is 1. The smallest absolute Gasteiger partial charge is 0.271 e. The van der Waals surface area contributed by atoms with Crippen LogP contribution in [-0.4, -0.2) is 51.9 Å². The Morgan fingerprint density at radius 1 is 1.21 bits per heavy atom. The van der Waals surface area contributed by atoms with Crippen molar-refractivity contribution in [1.29, 1.82) is 0 Å². The number of methoxy groups -OCH3 is 1. The number of ether oxygens (including phenoxy) is 3. The average Bonchev–Trinajstić information content (AvgIpc) is 2.80. The van der Waals surface area contributed by atoms with Gasteiger partial charge in [-0.2, -0.15) is 0 Å². The fourth-order valence-corrected chi connectivity index (χ4v) is 4.93. The zero-order valence-electron chi connectivity index (χ0n) is 19.3. The molecule has 0 fully saturated rings. The SMILES string of the molecule is CC[C@@H](C(=O)N[C@H](C)c1ccc2c(c1)OCCO2)N(c1cc([N+](=O)[O-])ccc1OC)S(C)(=O)=O. The van der Waals surface area contributed by atoms with Gasteiger partial charge in [-0.1, -0.05) is 13.0 Å². The van der Waals surface area contributed by atoms with Gasteiger partial charge in [0, 0.05) is 12.1 Å². The molecule has 3 rings (SSSR count). The van der Waals surface area contributed by atoms with Crippen molar-refractivity contribution in [3.8, 4) is 17.2 Å². The third kappa shape index (κ3) is 5.33. The first-order valence-electron chi connectivity index (χ1n) is 10.6. The molecule has 11 nitrogen and oxygen atoms in total. The number of hydrogen-bond acceptors (Lipinski definition) is 8. The molecule has 1 heterocycles. The molecule has 0 spiro atoms. The Hall–Kier alpha value is -3.54. The van der Waals surface area contributed by atoms with Crippen molar-refractivity contribution in [2.24, 2.45) is 0 Å². The maximum Gasteiger partial charge on any atom is 0.271 e. The van der Waals surface area contributed by atoms with Crippen LogP contribution in [0, 0.1) is 10.1 Å². The first-order valence-corrected chi connectivity index (χ1v) is 12.4. The molecule has 1 N–H and O–H groups in total. The van der Waals surface area contributed by atoms with Crippen LogP contribution in [0.2, 0.25) is 0 Å². The fraction of sp³-hybridized carbons (Fsp3) is 0.409. The summed E-state index contributed by atoms with van der Waals surface area (Å²) in [7, 11) is -2.71. The summed E-state index contributed by atoms with van der Waals surface area (Å²) in [5.74, 6) is 0.697. The van der Waals surface area contributed by atoms with Gasteiger partial charge in [-0.3, -0.25) is 19.2 Å². The van der Waals surface area contributed by atoms with Crippen LogP contribution < -0.4 is 23.8 Å². The number of hydrogen-bond donors (Lipinski definition) is 1. The Morgan fingerprint density at radius 2 is 1.88 bits per heavy atom. The number of amides is 1. The number of non-ortho nitro benzene ring substituents is 1. The number of nitro groups is 1. The Balaban J connectivity index is 1.93. The molecule has 0 bridgehead atoms. The van der Waals surface area contributed by atoms with Crippen molar-refractivity contribution in [3.05, 3.63) is 52.1 Å². The highest BCUT2D eigenvalue weighted by Crippen LogP contribution is 2.36. The van der Waals surface area contributed by atoms with Gasteiger partial charge >= 0.3 is 0 Å². The van der Waals surface area contributed by atoms with Crippen molar-refractivity contribution in [3.63, 3.8) is 0 Å². The van der Waals surface area contributed by atoms with Gasteiger partial charge in [0.1, 0.15) is 30.7 Å². The highest BCUT2D eigenvalue weighted by molar-refractivity contribution is 7.92. The van der Waals surface area contributed by atoms with Crippen molar-refractivity contribution in [2.75, 3.05) is 30.9 Å². The van der Waals surface area contributed by atoms with Gasteiger partial charge in [0.15, 0.2) is 11.5 Å². The molecule has 2 aromatic carbocycles. The van der Waals surface area contributed by atoms with E-state index in [1.54, 1.807) is 32.0 Å². The molecule has 2 aromatic rings. The van der Waals surface area contributed by atoms with Gasteiger partial charge in [-0.25, -0.2) is 8.42 Å². The molecular formula is C22H27N3O8S. The predicted octanol–water partition coefficient (Wildman–Crippen LogP) is 2.80. The summed E-state index contributed by atoms with van der Waals surface area (Å²) < 4.78 is 42.8. The van der Waals surface area contributed by atoms with Gasteiger partial charge in [0.2, 0.25) is 15.9 Å². The maximum absolute atomic E-state index is 13.3. The summed E-state index contributed by atoms with van der Waals surface area (Å²) in [6, 6.07) is 7.23. The molecular weight excluding hydrogens is 466 g/mol. The van der Waals surface area contributed by atoms with Crippen molar-refractivity contribution in [1.82, 2.24) is 5.32 Å². The van der Waals surface area contributed by atoms with E-state index in [0.29, 0.717) is 24.7 Å². The van der Waals surface area contributed by atoms with Crippen LogP contribution in [0.1, 0.15) is 31.9 Å². The second kappa shape index (κ2) is 10.2. The molecule has 0 aliphatic carbocycles. The second-order valence-electron chi connectivity index (χ2n) is 7.73. The number of fused-ring (bicyclic) bond motifs is 1. The lowest BCUT2D eigenvalue weighted by Crippen LogP contribution is -2.49. The van der Waals surface area contributed by atoms with E-state index in [9.17, 15) is 23.3 Å². The lowest BCUT2D eigenvalue weighted by Gasteiger charge is -2.32. The molecule has 1 aliphatic rings. The number of nitro benzene ring substituents is 1. The number of anilines is 1. The zero-order valence-corrected chi connectivity index (χ0v) is 20.1. The van der Waals surface area contributed by atoms with E-state index in [-0.39, 0.29) is 23.5 Å². The minimum atomic E-state index is -4.03. The largest absolute Gasteiger partial charge is 0.495 e. The van der Waals surface area contributed by atoms with Gasteiger partial charge in [0.25, 0.3) is 5.69 Å². The van der Waals surface area contributed by atoms with E-state index in [0.717, 1.165) is 22.2 Å². The minimum Gasteiger partial charge on any atom is -0.495 e. The highest BCUT2D eigenvalue weighted by Gasteiger charge is 2.35. The van der Waals surface area contributed by atoms with Crippen LogP contribution in [0.3, 0.4) is 0 Å². The molecule has 184 valence electrons. The Labute approximate surface area is 197 Å². The van der Waals surface area contributed by atoms with E-state index in [1.807, 2.05) is 0 Å². The third-order valence-electron chi connectivity index (χ3n) is 5.37. The minimum absolute atomic E-state index is 0.0853. The summed E-state index contributed by atoms with van der Waals surface area (Å²) in [4.78, 5) is 23.9. The van der Waals surface area contributed by atoms with E-state index in [1.165, 1.54) is 19.2 Å². The Bertz CT molecular complexity index is 1180. The van der Waals surface area contributed by atoms with E-state index < -0.39 is 32.9 Å². The number of nitrogens with zero attached hydrogens (tertiary/aromatic N) is 2.